The summed E-state index contributed by atoms with van der Waals surface area (Å²) in [5.41, 5.74) is 0. The van der Waals surface area contributed by atoms with Crippen molar-refractivity contribution in [3.8, 4) is 0 Å². The lowest BCUT2D eigenvalue weighted by Crippen LogP contribution is -2.47. The lowest BCUT2D eigenvalue weighted by molar-refractivity contribution is -0.137. The summed E-state index contributed by atoms with van der Waals surface area (Å²) in [7, 11) is -1.59. The van der Waals surface area contributed by atoms with Crippen molar-refractivity contribution in [3.05, 3.63) is 0 Å². The molecule has 0 radical (unpaired) electrons. The molecule has 1 saturated heterocycles. The minimum absolute atomic E-state index is 0.0503. The zero-order valence-electron chi connectivity index (χ0n) is 12.1. The normalized spacial score (nSPS) is 17.4. The first-order chi connectivity index (χ1) is 9.48. The average Bonchev–Trinajstić information content (AvgIpc) is 2.44. The number of hydrogen-bond donors (Lipinski definition) is 1. The maximum absolute atomic E-state index is 11.8. The second-order valence-corrected chi connectivity index (χ2v) is 6.76. The van der Waals surface area contributed by atoms with Crippen LogP contribution in [0.2, 0.25) is 0 Å². The number of piperidine rings is 1. The quantitative estimate of drug-likeness (QED) is 0.616. The van der Waals surface area contributed by atoms with Crippen LogP contribution in [0, 0.1) is 0 Å². The molecule has 0 unspecified atom stereocenters. The van der Waals surface area contributed by atoms with Crippen LogP contribution in [0.15, 0.2) is 0 Å². The molecular formula is C12H24N2O5S. The van der Waals surface area contributed by atoms with Gasteiger partial charge >= 0.3 is 0 Å². The van der Waals surface area contributed by atoms with Crippen LogP contribution in [-0.4, -0.2) is 71.0 Å². The Labute approximate surface area is 120 Å². The van der Waals surface area contributed by atoms with E-state index in [4.69, 9.17) is 9.47 Å². The van der Waals surface area contributed by atoms with Gasteiger partial charge in [0.1, 0.15) is 6.61 Å². The molecule has 0 aliphatic carbocycles. The lowest BCUT2D eigenvalue weighted by Gasteiger charge is -2.32. The van der Waals surface area contributed by atoms with E-state index in [9.17, 15) is 13.2 Å². The number of nitrogens with zero attached hydrogens (tertiary/aromatic N) is 1. The Morgan fingerprint density at radius 2 is 1.95 bits per heavy atom. The molecule has 1 amide bonds. The topological polar surface area (TPSA) is 84.9 Å². The highest BCUT2D eigenvalue weighted by Crippen LogP contribution is 2.11. The fourth-order valence-corrected chi connectivity index (χ4v) is 2.89. The van der Waals surface area contributed by atoms with Gasteiger partial charge in [0.15, 0.2) is 0 Å². The lowest BCUT2D eigenvalue weighted by atomic mass is 10.1. The number of rotatable bonds is 8. The molecule has 1 fully saturated rings. The van der Waals surface area contributed by atoms with Crippen LogP contribution in [0.3, 0.4) is 0 Å². The number of carbonyl (C=O) groups excluding carboxylic acids is 1. The molecule has 0 aromatic rings. The van der Waals surface area contributed by atoms with Crippen molar-refractivity contribution in [2.45, 2.75) is 25.8 Å². The first-order valence-corrected chi connectivity index (χ1v) is 8.48. The summed E-state index contributed by atoms with van der Waals surface area (Å²) in [6.45, 7) is 3.64. The van der Waals surface area contributed by atoms with Crippen molar-refractivity contribution < 1.29 is 22.7 Å². The fourth-order valence-electron chi connectivity index (χ4n) is 1.98. The van der Waals surface area contributed by atoms with Gasteiger partial charge in [-0.2, -0.15) is 0 Å². The van der Waals surface area contributed by atoms with E-state index in [0.29, 0.717) is 39.1 Å². The Morgan fingerprint density at radius 3 is 2.50 bits per heavy atom. The highest BCUT2D eigenvalue weighted by molar-refractivity contribution is 7.89. The molecule has 1 heterocycles. The molecule has 118 valence electrons. The SMILES string of the molecule is CCS(=O)(=O)NC1CCN(C(=O)COCCOC)CC1. The predicted octanol–water partition coefficient (Wildman–Crippen LogP) is -0.420. The van der Waals surface area contributed by atoms with E-state index in [1.807, 2.05) is 0 Å². The molecule has 7 nitrogen and oxygen atoms in total. The highest BCUT2D eigenvalue weighted by Gasteiger charge is 2.25. The number of sulfonamides is 1. The molecule has 1 aliphatic heterocycles. The van der Waals surface area contributed by atoms with Crippen molar-refractivity contribution in [2.75, 3.05) is 45.8 Å². The van der Waals surface area contributed by atoms with Crippen LogP contribution in [-0.2, 0) is 24.3 Å². The average molecular weight is 308 g/mol. The van der Waals surface area contributed by atoms with Crippen LogP contribution >= 0.6 is 0 Å². The number of amides is 1. The van der Waals surface area contributed by atoms with Crippen molar-refractivity contribution >= 4 is 15.9 Å². The zero-order valence-corrected chi connectivity index (χ0v) is 12.9. The van der Waals surface area contributed by atoms with E-state index in [2.05, 4.69) is 4.72 Å². The van der Waals surface area contributed by atoms with E-state index in [0.717, 1.165) is 0 Å². The molecule has 1 N–H and O–H groups in total. The maximum Gasteiger partial charge on any atom is 0.248 e. The van der Waals surface area contributed by atoms with Gasteiger partial charge in [-0.3, -0.25) is 4.79 Å². The number of nitrogens with one attached hydrogen (secondary N) is 1. The standard InChI is InChI=1S/C12H24N2O5S/c1-3-20(16,17)13-11-4-6-14(7-5-11)12(15)10-19-9-8-18-2/h11,13H,3-10H2,1-2H3. The van der Waals surface area contributed by atoms with E-state index >= 15 is 0 Å². The van der Waals surface area contributed by atoms with Gasteiger partial charge in [0.2, 0.25) is 15.9 Å². The third-order valence-corrected chi connectivity index (χ3v) is 4.68. The summed E-state index contributed by atoms with van der Waals surface area (Å²) in [5, 5.41) is 0. The summed E-state index contributed by atoms with van der Waals surface area (Å²) in [6, 6.07) is -0.0709. The van der Waals surface area contributed by atoms with E-state index in [1.165, 1.54) is 0 Å². The van der Waals surface area contributed by atoms with Crippen LogP contribution in [0.1, 0.15) is 19.8 Å². The minimum atomic E-state index is -3.17. The Morgan fingerprint density at radius 1 is 1.30 bits per heavy atom. The highest BCUT2D eigenvalue weighted by atomic mass is 32.2. The van der Waals surface area contributed by atoms with Gasteiger partial charge in [0.25, 0.3) is 0 Å². The molecule has 0 aromatic carbocycles. The Kier molecular flexibility index (Phi) is 7.42. The van der Waals surface area contributed by atoms with Crippen LogP contribution in [0.5, 0.6) is 0 Å². The first kappa shape index (κ1) is 17.4. The third-order valence-electron chi connectivity index (χ3n) is 3.23. The summed E-state index contributed by atoms with van der Waals surface area (Å²) in [5.74, 6) is 0.0253. The maximum atomic E-state index is 11.8. The number of likely N-dealkylation sites (tertiary alicyclic amines) is 1. The fraction of sp³-hybridized carbons (Fsp3) is 0.917. The first-order valence-electron chi connectivity index (χ1n) is 6.83. The van der Waals surface area contributed by atoms with Crippen LogP contribution in [0.25, 0.3) is 0 Å². The monoisotopic (exact) mass is 308 g/mol. The van der Waals surface area contributed by atoms with Crippen LogP contribution in [0.4, 0.5) is 0 Å². The summed E-state index contributed by atoms with van der Waals surface area (Å²) in [6.07, 6.45) is 1.28. The van der Waals surface area contributed by atoms with Crippen molar-refractivity contribution in [1.29, 1.82) is 0 Å². The largest absolute Gasteiger partial charge is 0.382 e. The molecule has 20 heavy (non-hydrogen) atoms. The van der Waals surface area contributed by atoms with Gasteiger partial charge in [0.05, 0.1) is 19.0 Å². The van der Waals surface area contributed by atoms with Crippen molar-refractivity contribution in [3.63, 3.8) is 0 Å². The molecular weight excluding hydrogens is 284 g/mol. The second kappa shape index (κ2) is 8.56. The van der Waals surface area contributed by atoms with Crippen molar-refractivity contribution in [2.24, 2.45) is 0 Å². The van der Waals surface area contributed by atoms with E-state index in [1.54, 1.807) is 18.9 Å². The summed E-state index contributed by atoms with van der Waals surface area (Å²) >= 11 is 0. The minimum Gasteiger partial charge on any atom is -0.382 e. The van der Waals surface area contributed by atoms with Gasteiger partial charge in [-0.15, -0.1) is 0 Å². The number of carbonyl (C=O) groups is 1. The number of methoxy groups -OCH3 is 1. The van der Waals surface area contributed by atoms with Gasteiger partial charge < -0.3 is 14.4 Å². The molecule has 1 aliphatic rings. The van der Waals surface area contributed by atoms with Gasteiger partial charge in [-0.1, -0.05) is 0 Å². The molecule has 8 heteroatoms. The Balaban J connectivity index is 2.26. The number of hydrogen-bond acceptors (Lipinski definition) is 5. The molecule has 0 atom stereocenters. The van der Waals surface area contributed by atoms with Gasteiger partial charge in [-0.25, -0.2) is 13.1 Å². The smallest absolute Gasteiger partial charge is 0.248 e. The van der Waals surface area contributed by atoms with Crippen molar-refractivity contribution in [1.82, 2.24) is 9.62 Å². The molecule has 0 spiro atoms. The predicted molar refractivity (Wildman–Crippen MR) is 74.9 cm³/mol. The number of ether oxygens (including phenoxy) is 2. The van der Waals surface area contributed by atoms with Crippen LogP contribution < -0.4 is 4.72 Å². The molecule has 0 saturated carbocycles. The summed E-state index contributed by atoms with van der Waals surface area (Å²) in [4.78, 5) is 13.5. The Bertz CT molecular complexity index is 391. The summed E-state index contributed by atoms with van der Waals surface area (Å²) < 4.78 is 35.6. The second-order valence-electron chi connectivity index (χ2n) is 4.72. The molecule has 0 aromatic heterocycles. The zero-order chi connectivity index (χ0) is 15.0. The molecule has 1 rings (SSSR count). The third kappa shape index (κ3) is 6.17. The molecule has 0 bridgehead atoms. The Hall–Kier alpha value is -0.700. The van der Waals surface area contributed by atoms with E-state index < -0.39 is 10.0 Å². The van der Waals surface area contributed by atoms with E-state index in [-0.39, 0.29) is 24.3 Å². The van der Waals surface area contributed by atoms with Gasteiger partial charge in [-0.05, 0) is 19.8 Å². The van der Waals surface area contributed by atoms with Gasteiger partial charge in [0, 0.05) is 26.2 Å².